The van der Waals surface area contributed by atoms with Crippen LogP contribution in [0, 0.1) is 5.41 Å². The first-order valence-electron chi connectivity index (χ1n) is 10.7. The lowest BCUT2D eigenvalue weighted by Crippen LogP contribution is -2.40. The van der Waals surface area contributed by atoms with Gasteiger partial charge in [0.15, 0.2) is 0 Å². The number of carbonyl (C=O) groups is 1. The van der Waals surface area contributed by atoms with E-state index in [-0.39, 0.29) is 28.7 Å². The van der Waals surface area contributed by atoms with Gasteiger partial charge in [-0.3, -0.25) is 4.79 Å². The van der Waals surface area contributed by atoms with Crippen LogP contribution >= 0.6 is 11.3 Å². The fourth-order valence-electron chi connectivity index (χ4n) is 3.31. The number of amides is 1. The van der Waals surface area contributed by atoms with Crippen molar-refractivity contribution in [2.45, 2.75) is 33.8 Å². The number of phenols is 1. The molecule has 0 aliphatic rings. The van der Waals surface area contributed by atoms with Crippen molar-refractivity contribution in [2.24, 2.45) is 5.41 Å². The highest BCUT2D eigenvalue weighted by atomic mass is 32.1. The molecule has 8 heteroatoms. The second kappa shape index (κ2) is 10.7. The van der Waals surface area contributed by atoms with E-state index in [2.05, 4.69) is 31.1 Å². The number of phenolic OH excluding ortho intramolecular Hbond substituents is 1. The van der Waals surface area contributed by atoms with Gasteiger partial charge in [0, 0.05) is 26.2 Å². The quantitative estimate of drug-likeness (QED) is 0.420. The highest BCUT2D eigenvalue weighted by molar-refractivity contribution is 7.16. The van der Waals surface area contributed by atoms with Crippen LogP contribution in [0.3, 0.4) is 0 Å². The molecule has 0 aliphatic carbocycles. The molecule has 1 heterocycles. The first-order chi connectivity index (χ1) is 15.2. The van der Waals surface area contributed by atoms with Crippen LogP contribution in [0.1, 0.15) is 31.9 Å². The number of nitrogens with one attached hydrogen (secondary N) is 2. The molecule has 0 fully saturated rings. The lowest BCUT2D eigenvalue weighted by atomic mass is 9.97. The van der Waals surface area contributed by atoms with E-state index < -0.39 is 0 Å². The third kappa shape index (κ3) is 6.83. The zero-order valence-electron chi connectivity index (χ0n) is 18.8. The summed E-state index contributed by atoms with van der Waals surface area (Å²) < 4.78 is 6.27. The predicted octanol–water partition coefficient (Wildman–Crippen LogP) is 4.11. The average molecular weight is 458 g/mol. The van der Waals surface area contributed by atoms with E-state index in [9.17, 15) is 14.7 Å². The van der Waals surface area contributed by atoms with E-state index in [1.165, 1.54) is 0 Å². The number of H-pyrrole nitrogens is 1. The molecule has 32 heavy (non-hydrogen) atoms. The Kier molecular flexibility index (Phi) is 7.93. The molecule has 0 atom stereocenters. The molecular weight excluding hydrogens is 426 g/mol. The van der Waals surface area contributed by atoms with Crippen molar-refractivity contribution < 1.29 is 14.6 Å². The van der Waals surface area contributed by atoms with Crippen molar-refractivity contribution in [3.63, 3.8) is 0 Å². The molecule has 0 saturated carbocycles. The molecule has 3 N–H and O–H groups in total. The van der Waals surface area contributed by atoms with Gasteiger partial charge in [-0.1, -0.05) is 68.5 Å². The number of benzene rings is 2. The van der Waals surface area contributed by atoms with Crippen LogP contribution in [0.5, 0.6) is 5.75 Å². The van der Waals surface area contributed by atoms with Crippen molar-refractivity contribution in [2.75, 3.05) is 26.2 Å². The number of hydrogen-bond donors (Lipinski definition) is 3. The van der Waals surface area contributed by atoms with E-state index in [1.807, 2.05) is 30.3 Å². The molecule has 0 radical (unpaired) electrons. The van der Waals surface area contributed by atoms with Crippen molar-refractivity contribution in [3.05, 3.63) is 63.3 Å². The van der Waals surface area contributed by atoms with Crippen LogP contribution in [0.4, 0.5) is 4.79 Å². The molecule has 0 spiro atoms. The number of hydrogen-bond acceptors (Lipinski definition) is 6. The Bertz CT molecular complexity index is 1090. The minimum absolute atomic E-state index is 0.0487. The Morgan fingerprint density at radius 1 is 1.16 bits per heavy atom. The number of rotatable bonds is 9. The molecule has 0 aliphatic heterocycles. The summed E-state index contributed by atoms with van der Waals surface area (Å²) in [4.78, 5) is 28.7. The van der Waals surface area contributed by atoms with Crippen LogP contribution in [-0.4, -0.2) is 47.3 Å². The van der Waals surface area contributed by atoms with E-state index >= 15 is 0 Å². The fraction of sp³-hybridized carbons (Fsp3) is 0.417. The summed E-state index contributed by atoms with van der Waals surface area (Å²) in [7, 11) is 0. The Morgan fingerprint density at radius 2 is 1.91 bits per heavy atom. The van der Waals surface area contributed by atoms with Gasteiger partial charge in [-0.05, 0) is 29.0 Å². The second-order valence-electron chi connectivity index (χ2n) is 8.98. The van der Waals surface area contributed by atoms with Gasteiger partial charge in [0.2, 0.25) is 0 Å². The van der Waals surface area contributed by atoms with Gasteiger partial charge < -0.3 is 25.0 Å². The number of thiazole rings is 1. The Morgan fingerprint density at radius 3 is 2.62 bits per heavy atom. The van der Waals surface area contributed by atoms with Crippen molar-refractivity contribution in [1.82, 2.24) is 15.2 Å². The summed E-state index contributed by atoms with van der Waals surface area (Å²) in [5.74, 6) is 0.0487. The molecule has 3 aromatic rings. The van der Waals surface area contributed by atoms with Crippen LogP contribution in [0.15, 0.2) is 47.3 Å². The molecule has 172 valence electrons. The summed E-state index contributed by atoms with van der Waals surface area (Å²) >= 11 is 1.07. The summed E-state index contributed by atoms with van der Waals surface area (Å²) in [6, 6.07) is 13.0. The molecule has 1 aromatic heterocycles. The lowest BCUT2D eigenvalue weighted by molar-refractivity contribution is 0.0966. The first kappa shape index (κ1) is 23.8. The summed E-state index contributed by atoms with van der Waals surface area (Å²) in [5.41, 5.74) is 2.44. The van der Waals surface area contributed by atoms with Crippen LogP contribution < -0.4 is 10.2 Å². The molecule has 0 saturated heterocycles. The molecule has 0 unspecified atom stereocenters. The minimum atomic E-state index is -0.372. The molecule has 1 amide bonds. The van der Waals surface area contributed by atoms with E-state index in [1.54, 1.807) is 17.0 Å². The maximum atomic E-state index is 12.8. The normalized spacial score (nSPS) is 11.6. The topological polar surface area (TPSA) is 94.7 Å². The molecule has 2 aromatic carbocycles. The Labute approximate surface area is 192 Å². The Hall–Kier alpha value is -2.84. The number of aromatic amines is 1. The predicted molar refractivity (Wildman–Crippen MR) is 128 cm³/mol. The largest absolute Gasteiger partial charge is 0.506 e. The van der Waals surface area contributed by atoms with E-state index in [4.69, 9.17) is 4.74 Å². The van der Waals surface area contributed by atoms with Gasteiger partial charge >= 0.3 is 11.0 Å². The third-order valence-electron chi connectivity index (χ3n) is 4.97. The molecule has 3 rings (SSSR count). The zero-order chi connectivity index (χ0) is 23.1. The maximum absolute atomic E-state index is 12.8. The summed E-state index contributed by atoms with van der Waals surface area (Å²) in [6.07, 6.45) is 0.174. The highest BCUT2D eigenvalue weighted by Gasteiger charge is 2.18. The average Bonchev–Trinajstić information content (AvgIpc) is 3.15. The van der Waals surface area contributed by atoms with Gasteiger partial charge in [0.05, 0.1) is 4.70 Å². The number of aromatic hydroxyl groups is 1. The van der Waals surface area contributed by atoms with Gasteiger partial charge in [0.1, 0.15) is 17.9 Å². The van der Waals surface area contributed by atoms with Crippen molar-refractivity contribution in [3.8, 4) is 5.75 Å². The monoisotopic (exact) mass is 457 g/mol. The van der Waals surface area contributed by atoms with Crippen molar-refractivity contribution in [1.29, 1.82) is 0 Å². The van der Waals surface area contributed by atoms with Gasteiger partial charge in [-0.15, -0.1) is 0 Å². The first-order valence-corrected chi connectivity index (χ1v) is 11.5. The highest BCUT2D eigenvalue weighted by Crippen LogP contribution is 2.28. The second-order valence-corrected chi connectivity index (χ2v) is 9.96. The fourth-order valence-corrected chi connectivity index (χ4v) is 4.21. The van der Waals surface area contributed by atoms with Gasteiger partial charge in [0.25, 0.3) is 0 Å². The van der Waals surface area contributed by atoms with Crippen LogP contribution in [0.25, 0.3) is 10.2 Å². The van der Waals surface area contributed by atoms with E-state index in [0.717, 1.165) is 33.7 Å². The SMILES string of the molecule is CC(C)(C)CNCCN(CCc1ccc(O)c2[nH]c(=O)sc12)C(=O)OCc1ccccc1. The maximum Gasteiger partial charge on any atom is 0.410 e. The number of aromatic nitrogens is 1. The summed E-state index contributed by atoms with van der Waals surface area (Å²) in [6.45, 7) is 9.13. The smallest absolute Gasteiger partial charge is 0.410 e. The number of fused-ring (bicyclic) bond motifs is 1. The number of ether oxygens (including phenoxy) is 1. The standard InChI is InChI=1S/C24H31N3O4S/c1-24(2,3)16-25-12-14-27(23(30)31-15-17-7-5-4-6-8-17)13-11-18-9-10-19(28)20-21(18)32-22(29)26-20/h4-10,25,28H,11-16H2,1-3H3,(H,26,29). The third-order valence-corrected chi connectivity index (χ3v) is 5.93. The lowest BCUT2D eigenvalue weighted by Gasteiger charge is -2.24. The summed E-state index contributed by atoms with van der Waals surface area (Å²) in [5, 5.41) is 13.4. The van der Waals surface area contributed by atoms with Gasteiger partial charge in [-0.25, -0.2) is 4.79 Å². The van der Waals surface area contributed by atoms with Gasteiger partial charge in [-0.2, -0.15) is 0 Å². The Balaban J connectivity index is 1.66. The van der Waals surface area contributed by atoms with Crippen molar-refractivity contribution >= 4 is 27.6 Å². The molecule has 0 bridgehead atoms. The van der Waals surface area contributed by atoms with Crippen LogP contribution in [-0.2, 0) is 17.8 Å². The number of carbonyl (C=O) groups excluding carboxylic acids is 1. The van der Waals surface area contributed by atoms with E-state index in [0.29, 0.717) is 31.6 Å². The minimum Gasteiger partial charge on any atom is -0.506 e. The zero-order valence-corrected chi connectivity index (χ0v) is 19.6. The molecular formula is C24H31N3O4S. The van der Waals surface area contributed by atoms with Crippen LogP contribution in [0.2, 0.25) is 0 Å². The number of nitrogens with zero attached hydrogens (tertiary/aromatic N) is 1. The molecule has 7 nitrogen and oxygen atoms in total.